The lowest BCUT2D eigenvalue weighted by Gasteiger charge is -2.29. The van der Waals surface area contributed by atoms with Crippen molar-refractivity contribution < 1.29 is 13.2 Å². The second-order valence-corrected chi connectivity index (χ2v) is 4.74. The van der Waals surface area contributed by atoms with Gasteiger partial charge < -0.3 is 5.73 Å². The molecule has 2 rings (SSSR count). The molecule has 17 heavy (non-hydrogen) atoms. The fourth-order valence-corrected chi connectivity index (χ4v) is 2.53. The van der Waals surface area contributed by atoms with E-state index < -0.39 is 12.1 Å². The summed E-state index contributed by atoms with van der Waals surface area (Å²) < 4.78 is 37.5. The van der Waals surface area contributed by atoms with Crippen molar-refractivity contribution in [3.05, 3.63) is 11.3 Å². The molecule has 0 aliphatic heterocycles. The van der Waals surface area contributed by atoms with Gasteiger partial charge in [0.15, 0.2) is 0 Å². The van der Waals surface area contributed by atoms with Crippen molar-refractivity contribution in [1.29, 1.82) is 0 Å². The number of alkyl halides is 3. The molecule has 0 saturated heterocycles. The van der Waals surface area contributed by atoms with Crippen LogP contribution >= 0.6 is 0 Å². The van der Waals surface area contributed by atoms with Gasteiger partial charge in [-0.1, -0.05) is 0 Å². The maximum absolute atomic E-state index is 12.5. The zero-order valence-electron chi connectivity index (χ0n) is 9.64. The number of rotatable bonds is 1. The highest BCUT2D eigenvalue weighted by atomic mass is 19.4. The Labute approximate surface area is 97.6 Å². The molecule has 1 fully saturated rings. The van der Waals surface area contributed by atoms with E-state index in [1.54, 1.807) is 0 Å². The highest BCUT2D eigenvalue weighted by Crippen LogP contribution is 2.43. The van der Waals surface area contributed by atoms with Gasteiger partial charge in [-0.25, -0.2) is 0 Å². The molecule has 0 amide bonds. The molecule has 0 radical (unpaired) electrons. The predicted octanol–water partition coefficient (Wildman–Crippen LogP) is 3.14. The summed E-state index contributed by atoms with van der Waals surface area (Å²) in [5, 5.41) is 6.73. The summed E-state index contributed by atoms with van der Waals surface area (Å²) in [6.45, 7) is 1.85. The van der Waals surface area contributed by atoms with Gasteiger partial charge in [-0.2, -0.15) is 18.3 Å². The highest BCUT2D eigenvalue weighted by molar-refractivity contribution is 5.42. The minimum Gasteiger partial charge on any atom is -0.382 e. The molecular weight excluding hydrogens is 231 g/mol. The van der Waals surface area contributed by atoms with Crippen molar-refractivity contribution in [2.45, 2.75) is 44.7 Å². The topological polar surface area (TPSA) is 54.7 Å². The Morgan fingerprint density at radius 2 is 1.82 bits per heavy atom. The van der Waals surface area contributed by atoms with Gasteiger partial charge in [-0.05, 0) is 32.6 Å². The van der Waals surface area contributed by atoms with Gasteiger partial charge in [-0.3, -0.25) is 5.10 Å². The second-order valence-electron chi connectivity index (χ2n) is 4.74. The fraction of sp³-hybridized carbons (Fsp3) is 0.727. The van der Waals surface area contributed by atoms with Crippen LogP contribution in [0.3, 0.4) is 0 Å². The van der Waals surface area contributed by atoms with Gasteiger partial charge in [0.25, 0.3) is 0 Å². The zero-order valence-corrected chi connectivity index (χ0v) is 9.64. The number of nitrogen functional groups attached to an aromatic ring is 1. The molecule has 1 heterocycles. The number of anilines is 1. The molecule has 1 saturated carbocycles. The Bertz CT molecular complexity index is 389. The quantitative estimate of drug-likeness (QED) is 0.801. The van der Waals surface area contributed by atoms with Crippen LogP contribution in [0.15, 0.2) is 0 Å². The first kappa shape index (κ1) is 12.3. The molecule has 1 aromatic heterocycles. The molecule has 3 nitrogen and oxygen atoms in total. The molecule has 96 valence electrons. The normalized spacial score (nSPS) is 26.1. The predicted molar refractivity (Wildman–Crippen MR) is 58.5 cm³/mol. The second kappa shape index (κ2) is 4.23. The van der Waals surface area contributed by atoms with Crippen LogP contribution in [0.25, 0.3) is 0 Å². The van der Waals surface area contributed by atoms with Crippen molar-refractivity contribution in [3.63, 3.8) is 0 Å². The van der Waals surface area contributed by atoms with Crippen LogP contribution in [0.1, 0.15) is 42.9 Å². The Morgan fingerprint density at radius 1 is 1.24 bits per heavy atom. The monoisotopic (exact) mass is 247 g/mol. The van der Waals surface area contributed by atoms with E-state index in [1.165, 1.54) is 0 Å². The molecule has 0 bridgehead atoms. The van der Waals surface area contributed by atoms with Crippen molar-refractivity contribution in [2.24, 2.45) is 5.92 Å². The van der Waals surface area contributed by atoms with E-state index in [2.05, 4.69) is 10.2 Å². The van der Waals surface area contributed by atoms with E-state index in [0.29, 0.717) is 18.7 Å². The van der Waals surface area contributed by atoms with Crippen LogP contribution in [0.2, 0.25) is 0 Å². The summed E-state index contributed by atoms with van der Waals surface area (Å²) >= 11 is 0. The largest absolute Gasteiger partial charge is 0.391 e. The average molecular weight is 247 g/mol. The van der Waals surface area contributed by atoms with Crippen molar-refractivity contribution in [1.82, 2.24) is 10.2 Å². The molecule has 6 heteroatoms. The van der Waals surface area contributed by atoms with Crippen LogP contribution in [0.4, 0.5) is 19.0 Å². The van der Waals surface area contributed by atoms with E-state index in [4.69, 9.17) is 5.73 Å². The number of nitrogens with two attached hydrogens (primary N) is 1. The Balaban J connectivity index is 2.02. The number of nitrogens with one attached hydrogen (secondary N) is 1. The molecule has 0 spiro atoms. The summed E-state index contributed by atoms with van der Waals surface area (Å²) in [6, 6.07) is 0. The third kappa shape index (κ3) is 2.40. The fourth-order valence-electron chi connectivity index (χ4n) is 2.53. The molecule has 3 N–H and O–H groups in total. The van der Waals surface area contributed by atoms with Crippen LogP contribution in [-0.4, -0.2) is 16.4 Å². The molecular formula is C11H16F3N3. The lowest BCUT2D eigenvalue weighted by atomic mass is 9.79. The van der Waals surface area contributed by atoms with E-state index in [0.717, 1.165) is 11.3 Å². The Morgan fingerprint density at radius 3 is 2.24 bits per heavy atom. The van der Waals surface area contributed by atoms with Gasteiger partial charge in [0, 0.05) is 17.2 Å². The molecule has 0 atom stereocenters. The van der Waals surface area contributed by atoms with Crippen molar-refractivity contribution in [3.8, 4) is 0 Å². The standard InChI is InChI=1S/C11H16F3N3/c1-6-9(16-17-10(6)15)7-2-4-8(5-3-7)11(12,13)14/h7-8H,2-5H2,1H3,(H3,15,16,17). The number of nitrogens with zero attached hydrogens (tertiary/aromatic N) is 1. The molecule has 1 aliphatic carbocycles. The SMILES string of the molecule is Cc1c(N)n[nH]c1C1CCC(C(F)(F)F)CC1. The Hall–Kier alpha value is -1.20. The van der Waals surface area contributed by atoms with Crippen LogP contribution in [-0.2, 0) is 0 Å². The number of aromatic nitrogens is 2. The minimum atomic E-state index is -4.05. The summed E-state index contributed by atoms with van der Waals surface area (Å²) in [7, 11) is 0. The first-order chi connectivity index (χ1) is 7.89. The first-order valence-electron chi connectivity index (χ1n) is 5.76. The van der Waals surface area contributed by atoms with Crippen molar-refractivity contribution >= 4 is 5.82 Å². The van der Waals surface area contributed by atoms with E-state index in [-0.39, 0.29) is 18.8 Å². The molecule has 1 aromatic rings. The Kier molecular flexibility index (Phi) is 3.05. The maximum atomic E-state index is 12.5. The summed E-state index contributed by atoms with van der Waals surface area (Å²) in [6.07, 6.45) is -2.55. The number of hydrogen-bond donors (Lipinski definition) is 2. The number of hydrogen-bond acceptors (Lipinski definition) is 2. The van der Waals surface area contributed by atoms with Crippen LogP contribution < -0.4 is 5.73 Å². The van der Waals surface area contributed by atoms with Gasteiger partial charge in [0.05, 0.1) is 5.92 Å². The summed E-state index contributed by atoms with van der Waals surface area (Å²) in [4.78, 5) is 0. The summed E-state index contributed by atoms with van der Waals surface area (Å²) in [5.41, 5.74) is 7.40. The molecule has 0 aromatic carbocycles. The molecule has 0 unspecified atom stereocenters. The first-order valence-corrected chi connectivity index (χ1v) is 5.76. The maximum Gasteiger partial charge on any atom is 0.391 e. The van der Waals surface area contributed by atoms with Crippen LogP contribution in [0.5, 0.6) is 0 Å². The average Bonchev–Trinajstić information content (AvgIpc) is 2.59. The van der Waals surface area contributed by atoms with Crippen molar-refractivity contribution in [2.75, 3.05) is 5.73 Å². The van der Waals surface area contributed by atoms with E-state index in [9.17, 15) is 13.2 Å². The minimum absolute atomic E-state index is 0.137. The smallest absolute Gasteiger partial charge is 0.382 e. The van der Waals surface area contributed by atoms with Gasteiger partial charge in [-0.15, -0.1) is 0 Å². The molecule has 1 aliphatic rings. The lowest BCUT2D eigenvalue weighted by molar-refractivity contribution is -0.182. The number of aromatic amines is 1. The van der Waals surface area contributed by atoms with Gasteiger partial charge >= 0.3 is 6.18 Å². The zero-order chi connectivity index (χ0) is 12.6. The highest BCUT2D eigenvalue weighted by Gasteiger charge is 2.41. The van der Waals surface area contributed by atoms with E-state index >= 15 is 0 Å². The summed E-state index contributed by atoms with van der Waals surface area (Å²) in [5.74, 6) is -0.560. The van der Waals surface area contributed by atoms with Crippen LogP contribution in [0, 0.1) is 12.8 Å². The van der Waals surface area contributed by atoms with Gasteiger partial charge in [0.1, 0.15) is 5.82 Å². The third-order valence-electron chi connectivity index (χ3n) is 3.68. The lowest BCUT2D eigenvalue weighted by Crippen LogP contribution is -2.27. The number of halogens is 3. The van der Waals surface area contributed by atoms with Gasteiger partial charge in [0.2, 0.25) is 0 Å². The number of H-pyrrole nitrogens is 1. The third-order valence-corrected chi connectivity index (χ3v) is 3.68. The van der Waals surface area contributed by atoms with E-state index in [1.807, 2.05) is 6.92 Å².